The molecule has 0 radical (unpaired) electrons. The molecule has 3 aliphatic rings. The van der Waals surface area contributed by atoms with Gasteiger partial charge in [0.25, 0.3) is 0 Å². The Hall–Kier alpha value is -2.90. The van der Waals surface area contributed by atoms with Gasteiger partial charge in [-0.3, -0.25) is 4.79 Å². The normalized spacial score (nSPS) is 28.1. The number of esters is 1. The zero-order valence-electron chi connectivity index (χ0n) is 23.5. The van der Waals surface area contributed by atoms with Crippen LogP contribution in [0.3, 0.4) is 0 Å². The predicted octanol–water partition coefficient (Wildman–Crippen LogP) is 5.00. The van der Waals surface area contributed by atoms with E-state index in [4.69, 9.17) is 24.2 Å². The van der Waals surface area contributed by atoms with Crippen molar-refractivity contribution in [1.29, 1.82) is 0 Å². The lowest BCUT2D eigenvalue weighted by atomic mass is 10.1. The molecule has 0 unspecified atom stereocenters. The van der Waals surface area contributed by atoms with Gasteiger partial charge in [0.15, 0.2) is 39.6 Å². The summed E-state index contributed by atoms with van der Waals surface area (Å²) in [7, 11) is 0. The Bertz CT molecular complexity index is 1450. The van der Waals surface area contributed by atoms with Crippen molar-refractivity contribution < 1.29 is 27.8 Å². The molecular weight excluding hydrogens is 554 g/mol. The van der Waals surface area contributed by atoms with E-state index in [1.165, 1.54) is 13.0 Å². The Kier molecular flexibility index (Phi) is 7.62. The van der Waals surface area contributed by atoms with Crippen molar-refractivity contribution in [1.82, 2.24) is 25.0 Å². The lowest BCUT2D eigenvalue weighted by Crippen LogP contribution is -2.29. The van der Waals surface area contributed by atoms with E-state index in [9.17, 15) is 13.6 Å². The molecule has 0 spiro atoms. The van der Waals surface area contributed by atoms with Crippen molar-refractivity contribution in [3.63, 3.8) is 0 Å². The molecule has 1 N–H and O–H groups in total. The van der Waals surface area contributed by atoms with Gasteiger partial charge in [-0.25, -0.2) is 23.4 Å². The number of anilines is 1. The Balaban J connectivity index is 1.31. The van der Waals surface area contributed by atoms with Crippen LogP contribution in [0.2, 0.25) is 0 Å². The Morgan fingerprint density at radius 1 is 1.20 bits per heavy atom. The summed E-state index contributed by atoms with van der Waals surface area (Å²) in [5.41, 5.74) is 1.85. The molecule has 6 atom stereocenters. The van der Waals surface area contributed by atoms with Gasteiger partial charge < -0.3 is 19.5 Å². The van der Waals surface area contributed by atoms with Gasteiger partial charge in [-0.15, -0.1) is 5.10 Å². The van der Waals surface area contributed by atoms with Crippen LogP contribution < -0.4 is 5.32 Å². The summed E-state index contributed by atoms with van der Waals surface area (Å²) >= 11 is 1.57. The summed E-state index contributed by atoms with van der Waals surface area (Å²) in [4.78, 5) is 21.2. The maximum absolute atomic E-state index is 13.9. The number of ether oxygens (including phenoxy) is 3. The summed E-state index contributed by atoms with van der Waals surface area (Å²) in [6, 6.07) is 3.80. The summed E-state index contributed by atoms with van der Waals surface area (Å²) < 4.78 is 47.0. The zero-order chi connectivity index (χ0) is 28.9. The van der Waals surface area contributed by atoms with E-state index in [1.807, 2.05) is 13.8 Å². The van der Waals surface area contributed by atoms with E-state index in [1.54, 1.807) is 22.5 Å². The van der Waals surface area contributed by atoms with Gasteiger partial charge in [0.2, 0.25) is 0 Å². The molecule has 1 aromatic carbocycles. The summed E-state index contributed by atoms with van der Waals surface area (Å²) in [6.45, 7) is 7.50. The van der Waals surface area contributed by atoms with Gasteiger partial charge in [0.1, 0.15) is 6.10 Å². The fourth-order valence-corrected chi connectivity index (χ4v) is 6.75. The van der Waals surface area contributed by atoms with Gasteiger partial charge in [-0.2, -0.15) is 0 Å². The molecule has 13 heteroatoms. The first-order valence-electron chi connectivity index (χ1n) is 14.1. The molecule has 3 aromatic rings. The molecule has 2 aromatic heterocycles. The van der Waals surface area contributed by atoms with Gasteiger partial charge >= 0.3 is 5.97 Å². The molecule has 1 saturated heterocycles. The van der Waals surface area contributed by atoms with Crippen LogP contribution in [-0.4, -0.2) is 67.3 Å². The number of nitrogens with zero attached hydrogens (tertiary/aromatic N) is 5. The number of carbonyl (C=O) groups excluding carboxylic acids is 1. The van der Waals surface area contributed by atoms with Crippen molar-refractivity contribution >= 4 is 34.7 Å². The first kappa shape index (κ1) is 28.2. The molecule has 10 nitrogen and oxygen atoms in total. The highest BCUT2D eigenvalue weighted by Crippen LogP contribution is 2.48. The maximum Gasteiger partial charge on any atom is 0.302 e. The van der Waals surface area contributed by atoms with Crippen LogP contribution in [0.25, 0.3) is 11.2 Å². The highest BCUT2D eigenvalue weighted by Gasteiger charge is 2.55. The van der Waals surface area contributed by atoms with Crippen molar-refractivity contribution in [2.45, 2.75) is 94.5 Å². The molecule has 2 aliphatic carbocycles. The number of benzene rings is 1. The number of nitrogens with one attached hydrogen (secondary N) is 1. The summed E-state index contributed by atoms with van der Waals surface area (Å²) in [5.74, 6) is -1.44. The van der Waals surface area contributed by atoms with Crippen molar-refractivity contribution in [2.75, 3.05) is 17.7 Å². The summed E-state index contributed by atoms with van der Waals surface area (Å²) in [5, 5.41) is 13.1. The predicted molar refractivity (Wildman–Crippen MR) is 147 cm³/mol. The molecule has 41 heavy (non-hydrogen) atoms. The molecule has 0 amide bonds. The van der Waals surface area contributed by atoms with Gasteiger partial charge in [0, 0.05) is 30.6 Å². The average Bonchev–Trinajstić information content (AvgIpc) is 3.25. The summed E-state index contributed by atoms with van der Waals surface area (Å²) in [6.07, 6.45) is 2.86. The van der Waals surface area contributed by atoms with E-state index >= 15 is 0 Å². The van der Waals surface area contributed by atoms with Crippen LogP contribution in [0.1, 0.15) is 70.9 Å². The number of halogens is 2. The molecule has 6 rings (SSSR count). The monoisotopic (exact) mass is 588 g/mol. The largest absolute Gasteiger partial charge is 0.465 e. The SMILES string of the molecule is CCCCSc1nc(N[C@@H]2C[C@H]2c2ccc(F)c(F)c2)c2nnn([C@@H]3C[C@H](COC(C)=O)[C@H]4OC(C)(C)O[C@H]43)c2n1. The Morgan fingerprint density at radius 2 is 2.00 bits per heavy atom. The second kappa shape index (κ2) is 11.1. The molecule has 0 bridgehead atoms. The van der Waals surface area contributed by atoms with E-state index in [2.05, 4.69) is 22.6 Å². The minimum atomic E-state index is -0.856. The van der Waals surface area contributed by atoms with Crippen LogP contribution in [0, 0.1) is 17.6 Å². The molecule has 2 saturated carbocycles. The van der Waals surface area contributed by atoms with Crippen LogP contribution in [0.4, 0.5) is 14.6 Å². The lowest BCUT2D eigenvalue weighted by molar-refractivity contribution is -0.164. The maximum atomic E-state index is 13.9. The topological polar surface area (TPSA) is 113 Å². The number of thioether (sulfide) groups is 1. The number of rotatable bonds is 10. The minimum Gasteiger partial charge on any atom is -0.465 e. The molecule has 3 fully saturated rings. The third-order valence-electron chi connectivity index (χ3n) is 7.88. The van der Waals surface area contributed by atoms with E-state index in [0.717, 1.165) is 36.6 Å². The van der Waals surface area contributed by atoms with Crippen LogP contribution in [0.5, 0.6) is 0 Å². The molecule has 1 aliphatic heterocycles. The highest BCUT2D eigenvalue weighted by atomic mass is 32.2. The Morgan fingerprint density at radius 3 is 2.76 bits per heavy atom. The zero-order valence-corrected chi connectivity index (χ0v) is 24.3. The van der Waals surface area contributed by atoms with Crippen molar-refractivity contribution in [3.8, 4) is 0 Å². The standard InChI is InChI=1S/C28H34F2N6O4S/c1-5-6-9-41-27-32-25(31-20-12-17(20)15-7-8-18(29)19(30)10-15)22-26(33-27)36(35-34-22)21-11-16(13-38-14(2)37)23-24(21)40-28(3,4)39-23/h7-8,10,16-17,20-21,23-24H,5-6,9,11-13H2,1-4H3,(H,31,32,33)/t16-,17+,20-,21-,23-,24+/m1/s1. The minimum absolute atomic E-state index is 0.00654. The van der Waals surface area contributed by atoms with Gasteiger partial charge in [0.05, 0.1) is 18.8 Å². The van der Waals surface area contributed by atoms with Gasteiger partial charge in [-0.05, 0) is 50.8 Å². The number of unbranched alkanes of at least 4 members (excludes halogenated alkanes) is 1. The quantitative estimate of drug-likeness (QED) is 0.150. The van der Waals surface area contributed by atoms with Crippen LogP contribution in [-0.2, 0) is 19.0 Å². The van der Waals surface area contributed by atoms with E-state index in [0.29, 0.717) is 28.6 Å². The lowest BCUT2D eigenvalue weighted by Gasteiger charge is -2.23. The number of aromatic nitrogens is 5. The second-order valence-corrected chi connectivity index (χ2v) is 12.5. The second-order valence-electron chi connectivity index (χ2n) is 11.5. The molecule has 3 heterocycles. The Labute approximate surface area is 240 Å². The average molecular weight is 589 g/mol. The first-order chi connectivity index (χ1) is 19.6. The molecule has 220 valence electrons. The van der Waals surface area contributed by atoms with Crippen molar-refractivity contribution in [2.24, 2.45) is 5.92 Å². The number of hydrogen-bond acceptors (Lipinski definition) is 10. The van der Waals surface area contributed by atoms with Crippen LogP contribution >= 0.6 is 11.8 Å². The van der Waals surface area contributed by atoms with E-state index in [-0.39, 0.29) is 48.7 Å². The fourth-order valence-electron chi connectivity index (χ4n) is 5.83. The van der Waals surface area contributed by atoms with Crippen LogP contribution in [0.15, 0.2) is 23.4 Å². The fraction of sp³-hybridized carbons (Fsp3) is 0.607. The smallest absolute Gasteiger partial charge is 0.302 e. The van der Waals surface area contributed by atoms with Gasteiger partial charge in [-0.1, -0.05) is 36.4 Å². The number of hydrogen-bond donors (Lipinski definition) is 1. The number of carbonyl (C=O) groups is 1. The third kappa shape index (κ3) is 5.76. The third-order valence-corrected chi connectivity index (χ3v) is 8.82. The number of fused-ring (bicyclic) bond motifs is 2. The van der Waals surface area contributed by atoms with Crippen molar-refractivity contribution in [3.05, 3.63) is 35.4 Å². The first-order valence-corrected chi connectivity index (χ1v) is 15.1. The molecular formula is C28H34F2N6O4S. The highest BCUT2D eigenvalue weighted by molar-refractivity contribution is 7.99. The van der Waals surface area contributed by atoms with E-state index < -0.39 is 17.4 Å².